The van der Waals surface area contributed by atoms with Gasteiger partial charge in [-0.05, 0) is 111 Å². The quantitative estimate of drug-likeness (QED) is 0.148. The number of hydrogen-bond donors (Lipinski definition) is 1. The predicted molar refractivity (Wildman–Crippen MR) is 190 cm³/mol. The first kappa shape index (κ1) is 33.6. The van der Waals surface area contributed by atoms with E-state index in [2.05, 4.69) is 42.7 Å². The third-order valence-electron chi connectivity index (χ3n) is 10.1. The average molecular weight is 679 g/mol. The fraction of sp³-hybridized carbons (Fsp3) is 0.325. The molecule has 2 fully saturated rings. The van der Waals surface area contributed by atoms with Gasteiger partial charge in [0.05, 0.1) is 5.69 Å². The number of nitrogens with zero attached hydrogens (tertiary/aromatic N) is 4. The molecule has 0 unspecified atom stereocenters. The van der Waals surface area contributed by atoms with Gasteiger partial charge in [0.25, 0.3) is 0 Å². The third-order valence-corrected chi connectivity index (χ3v) is 10.1. The predicted octanol–water partition coefficient (Wildman–Crippen LogP) is 8.73. The van der Waals surface area contributed by atoms with Crippen LogP contribution in [0.15, 0.2) is 71.8 Å². The lowest BCUT2D eigenvalue weighted by atomic mass is 9.90. The second-order valence-corrected chi connectivity index (χ2v) is 13.2. The molecule has 0 aliphatic carbocycles. The van der Waals surface area contributed by atoms with Gasteiger partial charge in [-0.1, -0.05) is 43.0 Å². The molecule has 2 aliphatic heterocycles. The number of fused-ring (bicyclic) bond motifs is 1. The Balaban J connectivity index is 1.22. The number of carbonyl (C=O) groups is 1. The number of rotatable bonds is 11. The number of aromatic nitrogens is 2. The van der Waals surface area contributed by atoms with E-state index in [9.17, 15) is 18.7 Å². The van der Waals surface area contributed by atoms with Gasteiger partial charge in [0.1, 0.15) is 17.3 Å². The molecule has 0 saturated carbocycles. The van der Waals surface area contributed by atoms with Crippen LogP contribution in [0.1, 0.15) is 53.5 Å². The van der Waals surface area contributed by atoms with Crippen LogP contribution in [0.4, 0.5) is 8.78 Å². The summed E-state index contributed by atoms with van der Waals surface area (Å²) in [5.41, 5.74) is 10.3. The van der Waals surface area contributed by atoms with Crippen molar-refractivity contribution in [1.29, 1.82) is 0 Å². The molecule has 7 rings (SSSR count). The summed E-state index contributed by atoms with van der Waals surface area (Å²) in [6.07, 6.45) is 7.59. The van der Waals surface area contributed by atoms with Crippen LogP contribution in [-0.4, -0.2) is 63.1 Å². The van der Waals surface area contributed by atoms with Gasteiger partial charge in [-0.25, -0.2) is 4.98 Å². The largest absolute Gasteiger partial charge is 0.480 e. The van der Waals surface area contributed by atoms with Crippen molar-refractivity contribution in [2.75, 3.05) is 19.6 Å². The lowest BCUT2D eigenvalue weighted by Crippen LogP contribution is -2.35. The number of carboxylic acids is 1. The number of pyridine rings is 1. The van der Waals surface area contributed by atoms with Crippen molar-refractivity contribution >= 4 is 23.1 Å². The fourth-order valence-corrected chi connectivity index (χ4v) is 7.47. The van der Waals surface area contributed by atoms with Gasteiger partial charge < -0.3 is 14.3 Å². The third kappa shape index (κ3) is 6.65. The molecule has 0 radical (unpaired) electrons. The molecule has 0 bridgehead atoms. The fourth-order valence-electron chi connectivity index (χ4n) is 7.47. The molecule has 5 aromatic rings. The van der Waals surface area contributed by atoms with E-state index in [1.807, 2.05) is 37.4 Å². The summed E-state index contributed by atoms with van der Waals surface area (Å²) in [5.74, 6) is -0.631. The highest BCUT2D eigenvalue weighted by Crippen LogP contribution is 2.39. The maximum Gasteiger partial charge on any atom is 0.387 e. The molecular formula is C40H40F2N4O4. The number of oxazole rings is 1. The van der Waals surface area contributed by atoms with E-state index < -0.39 is 18.6 Å². The Bertz CT molecular complexity index is 2070. The normalized spacial score (nSPS) is 16.9. The number of halogens is 2. The first-order valence-electron chi connectivity index (χ1n) is 17.1. The minimum Gasteiger partial charge on any atom is -0.480 e. The van der Waals surface area contributed by atoms with Gasteiger partial charge in [0, 0.05) is 42.0 Å². The van der Waals surface area contributed by atoms with E-state index in [4.69, 9.17) is 19.1 Å². The number of hydrogen-bond acceptors (Lipinski definition) is 7. The highest BCUT2D eigenvalue weighted by Gasteiger charge is 2.31. The Morgan fingerprint density at radius 3 is 2.38 bits per heavy atom. The molecule has 258 valence electrons. The molecule has 0 amide bonds. The molecule has 2 aromatic heterocycles. The van der Waals surface area contributed by atoms with Gasteiger partial charge in [-0.15, -0.1) is 0 Å². The Morgan fingerprint density at radius 2 is 1.68 bits per heavy atom. The van der Waals surface area contributed by atoms with Gasteiger partial charge in [0.2, 0.25) is 5.89 Å². The van der Waals surface area contributed by atoms with Crippen LogP contribution in [-0.2, 0) is 17.9 Å². The number of ether oxygens (including phenoxy) is 1. The van der Waals surface area contributed by atoms with Crippen molar-refractivity contribution in [2.24, 2.45) is 0 Å². The zero-order valence-electron chi connectivity index (χ0n) is 28.3. The Labute approximate surface area is 290 Å². The molecule has 2 saturated heterocycles. The summed E-state index contributed by atoms with van der Waals surface area (Å²) in [6, 6.07) is 16.7. The van der Waals surface area contributed by atoms with Crippen LogP contribution in [0.3, 0.4) is 0 Å². The summed E-state index contributed by atoms with van der Waals surface area (Å²) in [4.78, 5) is 25.7. The number of benzene rings is 3. The van der Waals surface area contributed by atoms with Gasteiger partial charge in [-0.2, -0.15) is 8.78 Å². The van der Waals surface area contributed by atoms with E-state index in [0.717, 1.165) is 64.3 Å². The first-order chi connectivity index (χ1) is 24.2. The maximum atomic E-state index is 13.5. The molecule has 2 aliphatic rings. The Hall–Kier alpha value is -4.93. The van der Waals surface area contributed by atoms with Crippen molar-refractivity contribution in [2.45, 2.75) is 65.3 Å². The van der Waals surface area contributed by atoms with Crippen LogP contribution < -0.4 is 4.74 Å². The van der Waals surface area contributed by atoms with Crippen molar-refractivity contribution in [1.82, 2.24) is 19.8 Å². The highest BCUT2D eigenvalue weighted by atomic mass is 19.3. The molecule has 8 nitrogen and oxygen atoms in total. The molecular weight excluding hydrogens is 638 g/mol. The summed E-state index contributed by atoms with van der Waals surface area (Å²) in [5, 5.41) is 9.64. The lowest BCUT2D eigenvalue weighted by Gasteiger charge is -2.22. The van der Waals surface area contributed by atoms with E-state index in [0.29, 0.717) is 41.9 Å². The van der Waals surface area contributed by atoms with E-state index in [1.165, 1.54) is 24.5 Å². The van der Waals surface area contributed by atoms with Crippen molar-refractivity contribution < 1.29 is 27.8 Å². The Kier molecular flexibility index (Phi) is 9.48. The zero-order chi connectivity index (χ0) is 34.9. The van der Waals surface area contributed by atoms with Crippen LogP contribution in [0.5, 0.6) is 5.75 Å². The Morgan fingerprint density at radius 1 is 0.980 bits per heavy atom. The van der Waals surface area contributed by atoms with Crippen LogP contribution >= 0.6 is 0 Å². The molecule has 50 heavy (non-hydrogen) atoms. The monoisotopic (exact) mass is 678 g/mol. The minimum absolute atomic E-state index is 0.0542. The van der Waals surface area contributed by atoms with Crippen molar-refractivity contribution in [3.8, 4) is 39.6 Å². The number of carboxylic acid groups (broad SMARTS) is 1. The second-order valence-electron chi connectivity index (χ2n) is 13.2. The molecule has 3 aromatic carbocycles. The standard InChI is InChI=1S/C40H40F2N4O4/c1-4-26-18-33(43-21-28(26)22-45-15-5-6-16-45)31-12-7-10-29(24(31)2)30-11-8-13-32(25(30)3)38-44-34-19-27(23-46-17-9-14-35(46)39(47)48)36(50-40(41)42)20-37(34)49-38/h4,7-8,10-13,18-21,35,40H,1,5-6,9,14-17,22-23H2,2-3H3,(H,47,48)/t35-/m0/s1. The molecule has 4 heterocycles. The van der Waals surface area contributed by atoms with Gasteiger partial charge in [-0.3, -0.25) is 19.6 Å². The van der Waals surface area contributed by atoms with Crippen LogP contribution in [0.25, 0.3) is 51.0 Å². The summed E-state index contributed by atoms with van der Waals surface area (Å²) in [7, 11) is 0. The topological polar surface area (TPSA) is 91.9 Å². The van der Waals surface area contributed by atoms with Gasteiger partial charge in [0.15, 0.2) is 5.58 Å². The summed E-state index contributed by atoms with van der Waals surface area (Å²) >= 11 is 0. The second kappa shape index (κ2) is 14.1. The highest BCUT2D eigenvalue weighted by molar-refractivity contribution is 5.84. The first-order valence-corrected chi connectivity index (χ1v) is 17.1. The molecule has 0 spiro atoms. The van der Waals surface area contributed by atoms with Crippen LogP contribution in [0.2, 0.25) is 0 Å². The van der Waals surface area contributed by atoms with E-state index in [-0.39, 0.29) is 12.3 Å². The smallest absolute Gasteiger partial charge is 0.387 e. The summed E-state index contributed by atoms with van der Waals surface area (Å²) in [6.45, 7) is 8.96. The van der Waals surface area contributed by atoms with Crippen molar-refractivity contribution in [3.63, 3.8) is 0 Å². The van der Waals surface area contributed by atoms with Crippen LogP contribution in [0, 0.1) is 13.8 Å². The molecule has 10 heteroatoms. The number of aliphatic carboxylic acids is 1. The molecule has 1 N–H and O–H groups in total. The molecule has 1 atom stereocenters. The minimum atomic E-state index is -3.05. The number of alkyl halides is 2. The average Bonchev–Trinajstić information content (AvgIpc) is 3.87. The van der Waals surface area contributed by atoms with E-state index in [1.54, 1.807) is 11.0 Å². The lowest BCUT2D eigenvalue weighted by molar-refractivity contribution is -0.142. The zero-order valence-corrected chi connectivity index (χ0v) is 28.3. The maximum absolute atomic E-state index is 13.5. The summed E-state index contributed by atoms with van der Waals surface area (Å²) < 4.78 is 38.0. The van der Waals surface area contributed by atoms with Crippen molar-refractivity contribution in [3.05, 3.63) is 95.2 Å². The van der Waals surface area contributed by atoms with E-state index >= 15 is 0 Å². The van der Waals surface area contributed by atoms with Gasteiger partial charge >= 0.3 is 12.6 Å². The SMILES string of the molecule is C=Cc1cc(-c2cccc(-c3cccc(-c4nc5cc(CN6CCC[C@H]6C(=O)O)c(OC(F)F)cc5o4)c3C)c2C)ncc1CN1CCCC1. The number of likely N-dealkylation sites (tertiary alicyclic amines) is 2.